The van der Waals surface area contributed by atoms with Crippen molar-refractivity contribution in [2.75, 3.05) is 11.4 Å². The molecular weight excluding hydrogens is 278 g/mol. The lowest BCUT2D eigenvalue weighted by atomic mass is 10.1. The Morgan fingerprint density at radius 3 is 2.77 bits per heavy atom. The van der Waals surface area contributed by atoms with E-state index in [0.717, 1.165) is 36.8 Å². The Hall–Kier alpha value is -2.83. The van der Waals surface area contributed by atoms with Crippen LogP contribution in [0.5, 0.6) is 0 Å². The highest BCUT2D eigenvalue weighted by Crippen LogP contribution is 2.33. The van der Waals surface area contributed by atoms with Gasteiger partial charge < -0.3 is 4.90 Å². The van der Waals surface area contributed by atoms with Gasteiger partial charge in [-0.1, -0.05) is 0 Å². The molecule has 22 heavy (non-hydrogen) atoms. The average molecular weight is 293 g/mol. The van der Waals surface area contributed by atoms with Gasteiger partial charge in [-0.15, -0.1) is 0 Å². The fourth-order valence-electron chi connectivity index (χ4n) is 2.80. The van der Waals surface area contributed by atoms with Crippen molar-refractivity contribution in [1.29, 1.82) is 0 Å². The van der Waals surface area contributed by atoms with Gasteiger partial charge in [0.05, 0.1) is 24.1 Å². The maximum Gasteiger partial charge on any atom is 0.225 e. The maximum atomic E-state index is 4.74. The molecular formula is C15H15N7. The van der Waals surface area contributed by atoms with Crippen molar-refractivity contribution in [1.82, 2.24) is 29.5 Å². The summed E-state index contributed by atoms with van der Waals surface area (Å²) in [5.41, 5.74) is 0.941. The molecule has 110 valence electrons. The van der Waals surface area contributed by atoms with Crippen molar-refractivity contribution in [3.63, 3.8) is 0 Å². The van der Waals surface area contributed by atoms with E-state index in [-0.39, 0.29) is 6.04 Å². The summed E-state index contributed by atoms with van der Waals surface area (Å²) in [6, 6.07) is 1.99. The first-order chi connectivity index (χ1) is 10.9. The van der Waals surface area contributed by atoms with Crippen LogP contribution in [0.25, 0.3) is 5.82 Å². The van der Waals surface area contributed by atoms with Crippen LogP contribution in [0.2, 0.25) is 0 Å². The zero-order valence-corrected chi connectivity index (χ0v) is 11.9. The second-order valence-corrected chi connectivity index (χ2v) is 5.17. The molecule has 3 aromatic rings. The third-order valence-corrected chi connectivity index (χ3v) is 3.81. The molecule has 1 fully saturated rings. The molecule has 0 unspecified atom stereocenters. The van der Waals surface area contributed by atoms with Crippen LogP contribution in [0.3, 0.4) is 0 Å². The number of anilines is 1. The zero-order valence-electron chi connectivity index (χ0n) is 11.9. The molecule has 1 aliphatic heterocycles. The molecule has 0 amide bonds. The standard InChI is InChI=1S/C15H15N7/c1-3-13(22(7-1)15-18-4-2-5-19-15)12-9-17-10-14(20-12)21-8-6-16-11-21/h2,4-6,8-11,13H,1,3,7H2/t13-/m0/s1. The smallest absolute Gasteiger partial charge is 0.225 e. The Kier molecular flexibility index (Phi) is 3.23. The lowest BCUT2D eigenvalue weighted by molar-refractivity contribution is 0.671. The highest BCUT2D eigenvalue weighted by molar-refractivity contribution is 5.36. The highest BCUT2D eigenvalue weighted by atomic mass is 15.3. The van der Waals surface area contributed by atoms with Crippen molar-refractivity contribution >= 4 is 5.95 Å². The van der Waals surface area contributed by atoms with Gasteiger partial charge in [0.15, 0.2) is 5.82 Å². The lowest BCUT2D eigenvalue weighted by Gasteiger charge is -2.24. The van der Waals surface area contributed by atoms with Gasteiger partial charge in [0.25, 0.3) is 0 Å². The first kappa shape index (κ1) is 12.9. The Morgan fingerprint density at radius 2 is 1.95 bits per heavy atom. The van der Waals surface area contributed by atoms with E-state index < -0.39 is 0 Å². The van der Waals surface area contributed by atoms with Crippen LogP contribution in [-0.4, -0.2) is 36.0 Å². The summed E-state index contributed by atoms with van der Waals surface area (Å²) in [4.78, 5) is 24.0. The highest BCUT2D eigenvalue weighted by Gasteiger charge is 2.29. The molecule has 7 heteroatoms. The number of nitrogens with zero attached hydrogens (tertiary/aromatic N) is 7. The van der Waals surface area contributed by atoms with E-state index >= 15 is 0 Å². The second kappa shape index (κ2) is 5.51. The summed E-state index contributed by atoms with van der Waals surface area (Å²) in [6.45, 7) is 0.936. The molecule has 0 radical (unpaired) electrons. The van der Waals surface area contributed by atoms with Gasteiger partial charge in [0, 0.05) is 31.3 Å². The second-order valence-electron chi connectivity index (χ2n) is 5.17. The van der Waals surface area contributed by atoms with Gasteiger partial charge in [-0.05, 0) is 18.9 Å². The van der Waals surface area contributed by atoms with E-state index in [9.17, 15) is 0 Å². The average Bonchev–Trinajstić information content (AvgIpc) is 3.27. The summed E-state index contributed by atoms with van der Waals surface area (Å²) in [5, 5.41) is 0. The van der Waals surface area contributed by atoms with E-state index in [2.05, 4.69) is 24.8 Å². The largest absolute Gasteiger partial charge is 0.332 e. The number of imidazole rings is 1. The monoisotopic (exact) mass is 293 g/mol. The minimum absolute atomic E-state index is 0.165. The fourth-order valence-corrected chi connectivity index (χ4v) is 2.80. The third-order valence-electron chi connectivity index (χ3n) is 3.81. The van der Waals surface area contributed by atoms with Crippen LogP contribution in [-0.2, 0) is 0 Å². The molecule has 0 aliphatic carbocycles. The normalized spacial score (nSPS) is 17.8. The van der Waals surface area contributed by atoms with E-state index in [1.807, 2.05) is 23.0 Å². The first-order valence-corrected chi connectivity index (χ1v) is 7.26. The van der Waals surface area contributed by atoms with E-state index in [1.54, 1.807) is 31.1 Å². The Morgan fingerprint density at radius 1 is 1.05 bits per heavy atom. The van der Waals surface area contributed by atoms with Crippen molar-refractivity contribution in [3.8, 4) is 5.82 Å². The van der Waals surface area contributed by atoms with Gasteiger partial charge in [0.1, 0.15) is 6.33 Å². The Bertz CT molecular complexity index is 742. The molecule has 0 bridgehead atoms. The summed E-state index contributed by atoms with van der Waals surface area (Å²) in [7, 11) is 0. The number of hydrogen-bond donors (Lipinski definition) is 0. The molecule has 7 nitrogen and oxygen atoms in total. The molecule has 0 saturated carbocycles. The molecule has 0 spiro atoms. The van der Waals surface area contributed by atoms with E-state index in [1.165, 1.54) is 0 Å². The van der Waals surface area contributed by atoms with Crippen LogP contribution in [0, 0.1) is 0 Å². The summed E-state index contributed by atoms with van der Waals surface area (Å²) in [5.74, 6) is 1.52. The first-order valence-electron chi connectivity index (χ1n) is 7.26. The molecule has 4 rings (SSSR count). The maximum absolute atomic E-state index is 4.74. The van der Waals surface area contributed by atoms with Gasteiger partial charge in [-0.25, -0.2) is 19.9 Å². The SMILES string of the molecule is c1cnc(N2CCC[C@H]2c2cncc(-n3ccnc3)n2)nc1. The van der Waals surface area contributed by atoms with Crippen LogP contribution >= 0.6 is 0 Å². The lowest BCUT2D eigenvalue weighted by Crippen LogP contribution is -2.25. The molecule has 4 heterocycles. The van der Waals surface area contributed by atoms with Crippen LogP contribution in [0.4, 0.5) is 5.95 Å². The Balaban J connectivity index is 1.68. The fraction of sp³-hybridized carbons (Fsp3) is 0.267. The molecule has 1 atom stereocenters. The predicted molar refractivity (Wildman–Crippen MR) is 80.5 cm³/mol. The predicted octanol–water partition coefficient (Wildman–Crippen LogP) is 1.79. The summed E-state index contributed by atoms with van der Waals surface area (Å²) >= 11 is 0. The van der Waals surface area contributed by atoms with E-state index in [4.69, 9.17) is 4.98 Å². The topological polar surface area (TPSA) is 72.6 Å². The quantitative estimate of drug-likeness (QED) is 0.733. The van der Waals surface area contributed by atoms with Gasteiger partial charge >= 0.3 is 0 Å². The molecule has 3 aromatic heterocycles. The molecule has 0 aromatic carbocycles. The van der Waals surface area contributed by atoms with Crippen molar-refractivity contribution < 1.29 is 0 Å². The van der Waals surface area contributed by atoms with E-state index in [0.29, 0.717) is 0 Å². The van der Waals surface area contributed by atoms with Crippen LogP contribution in [0.1, 0.15) is 24.6 Å². The zero-order chi connectivity index (χ0) is 14.8. The number of aromatic nitrogens is 6. The molecule has 1 aliphatic rings. The number of rotatable bonds is 3. The van der Waals surface area contributed by atoms with Gasteiger partial charge in [-0.2, -0.15) is 0 Å². The molecule has 0 N–H and O–H groups in total. The van der Waals surface area contributed by atoms with Crippen LogP contribution in [0.15, 0.2) is 49.6 Å². The van der Waals surface area contributed by atoms with Gasteiger partial charge in [-0.3, -0.25) is 9.55 Å². The van der Waals surface area contributed by atoms with Crippen molar-refractivity contribution in [2.45, 2.75) is 18.9 Å². The van der Waals surface area contributed by atoms with Crippen molar-refractivity contribution in [2.24, 2.45) is 0 Å². The minimum atomic E-state index is 0.165. The third kappa shape index (κ3) is 2.30. The van der Waals surface area contributed by atoms with Crippen LogP contribution < -0.4 is 4.90 Å². The summed E-state index contributed by atoms with van der Waals surface area (Å²) in [6.07, 6.45) is 14.5. The summed E-state index contributed by atoms with van der Waals surface area (Å²) < 4.78 is 1.86. The number of hydrogen-bond acceptors (Lipinski definition) is 6. The van der Waals surface area contributed by atoms with Gasteiger partial charge in [0.2, 0.25) is 5.95 Å². The Labute approximate surface area is 127 Å². The molecule has 1 saturated heterocycles. The van der Waals surface area contributed by atoms with Crippen molar-refractivity contribution in [3.05, 3.63) is 55.3 Å². The minimum Gasteiger partial charge on any atom is -0.332 e.